The van der Waals surface area contributed by atoms with E-state index in [4.69, 9.17) is 96.4 Å². The number of rotatable bonds is 31. The number of aryl methyl sites for hydroxylation is 4. The van der Waals surface area contributed by atoms with Gasteiger partial charge in [0.25, 0.3) is 0 Å². The Kier molecular flexibility index (Phi) is 34.0. The fourth-order valence-corrected chi connectivity index (χ4v) is 15.7. The number of Topliss-reactive ketones (excluding diaryl/α,β-unsaturated/α-hetero) is 1. The summed E-state index contributed by atoms with van der Waals surface area (Å²) in [6, 6.07) is 54.5. The van der Waals surface area contributed by atoms with Crippen LogP contribution < -0.4 is 37.9 Å². The quantitative estimate of drug-likeness (QED) is 0.00691. The SMILES string of the molecule is C=CC(=O)OCCCCOc1ccc(C(=O)Oc2ccc(O)cc2)cc1.C=CC(=O)OCCCCOc1ccc(C(=O)Oc2ccc(OC(=O)Oc3cccc4c3[C@]3(CC4)CCc4cccc(OC(=O)OC5CCC(OC(=O)c6ccc(OCCCCOC(=O)C=C)cc6)CC5)c43)cc2)cc1.CC(=O)C(Cl)(Cl)Cl.Oc1cccc2c1C1(CC2)CCc2cccc(O)c21. The molecule has 0 aromatic heterocycles. The zero-order valence-corrected chi connectivity index (χ0v) is 72.2. The Balaban J connectivity index is 0.000000240. The third-order valence-corrected chi connectivity index (χ3v) is 22.6. The van der Waals surface area contributed by atoms with Crippen LogP contribution in [0.25, 0.3) is 0 Å². The number of phenols is 3. The van der Waals surface area contributed by atoms with Crippen LogP contribution in [0.5, 0.6) is 63.2 Å². The molecular formula is C99H97Cl3O25. The number of benzene rings is 9. The van der Waals surface area contributed by atoms with Gasteiger partial charge in [0, 0.05) is 51.3 Å². The number of phenolic OH excluding ortho intramolecular Hbond substituents is 3. The van der Waals surface area contributed by atoms with Gasteiger partial charge in [0.2, 0.25) is 3.79 Å². The minimum absolute atomic E-state index is 0.102. The normalized spacial score (nSPS) is 15.5. The van der Waals surface area contributed by atoms with Crippen LogP contribution in [-0.2, 0) is 79.4 Å². The van der Waals surface area contributed by atoms with E-state index in [0.29, 0.717) is 173 Å². The van der Waals surface area contributed by atoms with Gasteiger partial charge >= 0.3 is 48.1 Å². The highest BCUT2D eigenvalue weighted by atomic mass is 35.6. The first kappa shape index (κ1) is 94.6. The lowest BCUT2D eigenvalue weighted by Gasteiger charge is -2.30. The lowest BCUT2D eigenvalue weighted by atomic mass is 9.76. The van der Waals surface area contributed by atoms with Crippen LogP contribution >= 0.6 is 34.8 Å². The minimum Gasteiger partial charge on any atom is -0.508 e. The summed E-state index contributed by atoms with van der Waals surface area (Å²) in [4.78, 5) is 108. The molecule has 664 valence electrons. The van der Waals surface area contributed by atoms with Crippen molar-refractivity contribution in [3.05, 3.63) is 293 Å². The van der Waals surface area contributed by atoms with Crippen LogP contribution in [0.15, 0.2) is 232 Å². The maximum absolute atomic E-state index is 13.5. The number of carbonyl (C=O) groups excluding carboxylic acids is 9. The van der Waals surface area contributed by atoms with Gasteiger partial charge in [0.1, 0.15) is 75.5 Å². The van der Waals surface area contributed by atoms with Crippen molar-refractivity contribution in [1.82, 2.24) is 0 Å². The number of ketones is 1. The van der Waals surface area contributed by atoms with Gasteiger partial charge in [-0.1, -0.05) is 103 Å². The van der Waals surface area contributed by atoms with Crippen molar-refractivity contribution in [3.8, 4) is 63.2 Å². The summed E-state index contributed by atoms with van der Waals surface area (Å²) < 4.78 is 70.0. The first-order chi connectivity index (χ1) is 61.2. The van der Waals surface area contributed by atoms with Crippen molar-refractivity contribution >= 4 is 88.7 Å². The second-order valence-electron chi connectivity index (χ2n) is 30.2. The summed E-state index contributed by atoms with van der Waals surface area (Å²) in [5, 5.41) is 29.8. The summed E-state index contributed by atoms with van der Waals surface area (Å²) in [5.74, 6) is 0.806. The first-order valence-corrected chi connectivity index (χ1v) is 42.7. The van der Waals surface area contributed by atoms with Gasteiger partial charge in [-0.05, 0) is 290 Å². The molecule has 0 aliphatic heterocycles. The highest BCUT2D eigenvalue weighted by Gasteiger charge is 2.50. The molecule has 127 heavy (non-hydrogen) atoms. The van der Waals surface area contributed by atoms with Crippen molar-refractivity contribution in [2.24, 2.45) is 0 Å². The lowest BCUT2D eigenvalue weighted by Crippen LogP contribution is -2.31. The zero-order chi connectivity index (χ0) is 90.5. The molecule has 0 saturated heterocycles. The lowest BCUT2D eigenvalue weighted by molar-refractivity contribution is -0.138. The Morgan fingerprint density at radius 1 is 0.362 bits per heavy atom. The number of hydrogen-bond acceptors (Lipinski definition) is 25. The number of alkyl halides is 3. The summed E-state index contributed by atoms with van der Waals surface area (Å²) in [7, 11) is 0. The number of unbranched alkanes of at least 4 members (excludes halogenated alkanes) is 3. The van der Waals surface area contributed by atoms with E-state index >= 15 is 0 Å². The fourth-order valence-electron chi connectivity index (χ4n) is 15.7. The van der Waals surface area contributed by atoms with Gasteiger partial charge in [0.05, 0.1) is 56.3 Å². The summed E-state index contributed by atoms with van der Waals surface area (Å²) in [6.07, 6.45) is 13.7. The van der Waals surface area contributed by atoms with Crippen molar-refractivity contribution in [2.75, 3.05) is 39.6 Å². The van der Waals surface area contributed by atoms with E-state index in [-0.39, 0.29) is 42.0 Å². The Bertz CT molecular complexity index is 5300. The number of hydrogen-bond donors (Lipinski definition) is 3. The largest absolute Gasteiger partial charge is 0.519 e. The third-order valence-electron chi connectivity index (χ3n) is 21.8. The van der Waals surface area contributed by atoms with E-state index in [1.54, 1.807) is 97.1 Å². The van der Waals surface area contributed by atoms with Crippen molar-refractivity contribution in [2.45, 2.75) is 149 Å². The standard InChI is InChI=1S/C59H58O16.C20H20O6.C17H16O2.C3H3Cl3O/c1-3-51(60)68-37-7-5-35-66-43-19-15-41(16-20-43)55(62)70-45-23-27-47(28-24-45)72-57(64)74-49-13-9-11-39-31-33-59(53(39)49)34-32-40-12-10-14-50(54(40)59)75-58(65)73-48-29-25-46(26-30-48)71-56(63)42-17-21-44(22-18-42)67-36-6-8-38-69-52(61)4-2;1-2-19(22)25-14-4-3-13-24-17-9-5-15(6-10-17)20(23)26-18-11-7-16(21)8-12-18;18-13-5-1-3-11-7-9-17(15(11)13)10-8-12-4-2-6-14(19)16(12)17;1-2(7)3(4,5)6/h3-4,9-24,27-28,46,48H,1-2,5-8,25-26,29-38H2;2,5-12,21H,1,3-4,13-14H2;1-6,18-19H,7-10H2;1H3/t46?,48?,59-;;;/m0.../s1. The van der Waals surface area contributed by atoms with Crippen LogP contribution in [0.4, 0.5) is 9.59 Å². The number of esters is 6. The molecule has 1 saturated carbocycles. The maximum Gasteiger partial charge on any atom is 0.519 e. The molecule has 9 aromatic carbocycles. The summed E-state index contributed by atoms with van der Waals surface area (Å²) >= 11 is 15.1. The van der Waals surface area contributed by atoms with Crippen LogP contribution in [0.2, 0.25) is 0 Å². The van der Waals surface area contributed by atoms with E-state index in [1.165, 1.54) is 66.6 Å². The fraction of sp³-hybridized carbons (Fsp3) is 0.303. The predicted octanol–water partition coefficient (Wildman–Crippen LogP) is 19.8. The van der Waals surface area contributed by atoms with E-state index in [1.807, 2.05) is 36.4 Å². The molecule has 14 rings (SSSR count). The molecular weight excluding hydrogens is 1700 g/mol. The van der Waals surface area contributed by atoms with Gasteiger partial charge < -0.3 is 76.9 Å². The molecule has 0 amide bonds. The second kappa shape index (κ2) is 45.7. The third kappa shape index (κ3) is 26.3. The number of ether oxygens (including phenoxy) is 13. The monoisotopic (exact) mass is 1790 g/mol. The van der Waals surface area contributed by atoms with Gasteiger partial charge in [-0.15, -0.1) is 0 Å². The summed E-state index contributed by atoms with van der Waals surface area (Å²) in [6.45, 7) is 13.5. The van der Waals surface area contributed by atoms with Crippen molar-refractivity contribution < 1.29 is 120 Å². The molecule has 0 unspecified atom stereocenters. The van der Waals surface area contributed by atoms with Gasteiger partial charge in [-0.3, -0.25) is 4.79 Å². The van der Waals surface area contributed by atoms with Crippen LogP contribution in [0, 0.1) is 0 Å². The number of halogens is 3. The van der Waals surface area contributed by atoms with Gasteiger partial charge in [-0.2, -0.15) is 0 Å². The summed E-state index contributed by atoms with van der Waals surface area (Å²) in [5.41, 5.74) is 8.61. The molecule has 1 atom stereocenters. The average Bonchev–Trinajstić information content (AvgIpc) is 1.56. The molecule has 28 heteroatoms. The molecule has 1 fully saturated rings. The molecule has 0 heterocycles. The molecule has 9 aromatic rings. The molecule has 25 nitrogen and oxygen atoms in total. The molecule has 0 radical (unpaired) electrons. The highest BCUT2D eigenvalue weighted by molar-refractivity contribution is 6.76. The molecule has 5 aliphatic carbocycles. The van der Waals surface area contributed by atoms with E-state index in [0.717, 1.165) is 83.7 Å². The Morgan fingerprint density at radius 3 is 1.02 bits per heavy atom. The highest BCUT2D eigenvalue weighted by Crippen LogP contribution is 2.59. The minimum atomic E-state index is -1.72. The smallest absolute Gasteiger partial charge is 0.508 e. The molecule has 5 aliphatic rings. The van der Waals surface area contributed by atoms with Gasteiger partial charge in [-0.25, -0.2) is 38.4 Å². The number of carbonyl (C=O) groups is 9. The Labute approximate surface area is 749 Å². The molecule has 0 bridgehead atoms. The van der Waals surface area contributed by atoms with E-state index < -0.39 is 69.2 Å². The number of aromatic hydroxyl groups is 3. The van der Waals surface area contributed by atoms with Gasteiger partial charge in [0.15, 0.2) is 5.78 Å². The van der Waals surface area contributed by atoms with Crippen LogP contribution in [0.3, 0.4) is 0 Å². The predicted molar refractivity (Wildman–Crippen MR) is 472 cm³/mol. The number of fused-ring (bicyclic) bond motifs is 8. The van der Waals surface area contributed by atoms with Crippen molar-refractivity contribution in [3.63, 3.8) is 0 Å². The second-order valence-corrected chi connectivity index (χ2v) is 32.5. The maximum atomic E-state index is 13.5. The average molecular weight is 1790 g/mol. The Hall–Kier alpha value is -13.1. The zero-order valence-electron chi connectivity index (χ0n) is 69.9. The first-order valence-electron chi connectivity index (χ1n) is 41.6. The van der Waals surface area contributed by atoms with Crippen LogP contribution in [0.1, 0.15) is 172 Å². The topological polar surface area (TPSA) is 334 Å². The van der Waals surface area contributed by atoms with Crippen LogP contribution in [-0.4, -0.2) is 125 Å². The Morgan fingerprint density at radius 2 is 0.661 bits per heavy atom. The van der Waals surface area contributed by atoms with Crippen molar-refractivity contribution in [1.29, 1.82) is 0 Å². The van der Waals surface area contributed by atoms with E-state index in [9.17, 15) is 58.5 Å². The van der Waals surface area contributed by atoms with E-state index in [2.05, 4.69) is 31.9 Å². The molecule has 2 spiro atoms. The molecule has 3 N–H and O–H groups in total.